The van der Waals surface area contributed by atoms with E-state index in [-0.39, 0.29) is 23.6 Å². The molecule has 7 heteroatoms. The fraction of sp³-hybridized carbons (Fsp3) is 0.417. The molecule has 0 unspecified atom stereocenters. The minimum atomic E-state index is -0.559. The summed E-state index contributed by atoms with van der Waals surface area (Å²) in [7, 11) is 0. The number of amides is 2. The fourth-order valence-corrected chi connectivity index (χ4v) is 4.73. The fourth-order valence-electron chi connectivity index (χ4n) is 3.70. The zero-order chi connectivity index (χ0) is 22.2. The number of nitrogens with zero attached hydrogens (tertiary/aromatic N) is 1. The summed E-state index contributed by atoms with van der Waals surface area (Å²) in [5.41, 5.74) is 0.937. The Balaban J connectivity index is 1.69. The number of carbonyl (C=O) groups is 2. The van der Waals surface area contributed by atoms with Gasteiger partial charge in [0.05, 0.1) is 5.75 Å². The van der Waals surface area contributed by atoms with E-state index in [0.29, 0.717) is 16.6 Å². The minimum Gasteiger partial charge on any atom is -0.352 e. The van der Waals surface area contributed by atoms with E-state index in [1.807, 2.05) is 24.3 Å². The highest BCUT2D eigenvalue weighted by molar-refractivity contribution is 8.00. The predicted octanol–water partition coefficient (Wildman–Crippen LogP) is 5.95. The number of nitrogens with one attached hydrogen (secondary N) is 1. The van der Waals surface area contributed by atoms with Crippen molar-refractivity contribution in [2.45, 2.75) is 62.6 Å². The van der Waals surface area contributed by atoms with E-state index in [2.05, 4.69) is 5.32 Å². The van der Waals surface area contributed by atoms with E-state index in [9.17, 15) is 9.59 Å². The van der Waals surface area contributed by atoms with Gasteiger partial charge in [-0.3, -0.25) is 9.59 Å². The van der Waals surface area contributed by atoms with Crippen LogP contribution >= 0.6 is 35.0 Å². The molecule has 4 nitrogen and oxygen atoms in total. The summed E-state index contributed by atoms with van der Waals surface area (Å²) < 4.78 is 0. The van der Waals surface area contributed by atoms with Gasteiger partial charge in [-0.2, -0.15) is 0 Å². The zero-order valence-electron chi connectivity index (χ0n) is 17.7. The van der Waals surface area contributed by atoms with Crippen molar-refractivity contribution in [3.63, 3.8) is 0 Å². The minimum absolute atomic E-state index is 0.0822. The van der Waals surface area contributed by atoms with Gasteiger partial charge in [0.1, 0.15) is 6.04 Å². The third-order valence-electron chi connectivity index (χ3n) is 5.56. The Morgan fingerprint density at radius 2 is 1.58 bits per heavy atom. The predicted molar refractivity (Wildman–Crippen MR) is 129 cm³/mol. The van der Waals surface area contributed by atoms with Gasteiger partial charge in [-0.1, -0.05) is 54.6 Å². The third kappa shape index (κ3) is 7.44. The van der Waals surface area contributed by atoms with Crippen LogP contribution in [0.2, 0.25) is 10.0 Å². The van der Waals surface area contributed by atoms with Gasteiger partial charge in [0, 0.05) is 27.5 Å². The smallest absolute Gasteiger partial charge is 0.242 e. The maximum Gasteiger partial charge on any atom is 0.242 e. The lowest BCUT2D eigenvalue weighted by Crippen LogP contribution is -2.50. The Morgan fingerprint density at radius 3 is 2.19 bits per heavy atom. The molecule has 2 amide bonds. The molecule has 166 valence electrons. The number of hydrogen-bond donors (Lipinski definition) is 1. The first-order chi connectivity index (χ1) is 14.9. The number of thioether (sulfide) groups is 1. The highest BCUT2D eigenvalue weighted by Gasteiger charge is 2.28. The standard InChI is InChI=1S/C24H28Cl2N2O2S/c1-17(24(30)27-21-5-3-2-4-6-21)28(15-18-7-9-19(25)10-8-18)23(29)16-31-22-13-11-20(26)12-14-22/h7-14,17,21H,2-6,15-16H2,1H3,(H,27,30)/t17-/m1/s1. The van der Waals surface area contributed by atoms with Crippen molar-refractivity contribution >= 4 is 46.8 Å². The van der Waals surface area contributed by atoms with Crippen molar-refractivity contribution in [1.29, 1.82) is 0 Å². The molecule has 0 bridgehead atoms. The lowest BCUT2D eigenvalue weighted by atomic mass is 9.95. The number of benzene rings is 2. The molecule has 0 aliphatic heterocycles. The summed E-state index contributed by atoms with van der Waals surface area (Å²) in [4.78, 5) is 28.8. The SMILES string of the molecule is C[C@H](C(=O)NC1CCCCC1)N(Cc1ccc(Cl)cc1)C(=O)CSc1ccc(Cl)cc1. The van der Waals surface area contributed by atoms with Crippen LogP contribution in [0, 0.1) is 0 Å². The van der Waals surface area contributed by atoms with Crippen molar-refractivity contribution in [1.82, 2.24) is 10.2 Å². The van der Waals surface area contributed by atoms with Crippen molar-refractivity contribution in [3.8, 4) is 0 Å². The molecule has 2 aromatic carbocycles. The Hall–Kier alpha value is -1.69. The second kappa shape index (κ2) is 11.8. The molecule has 0 spiro atoms. The molecule has 0 heterocycles. The molecule has 0 aromatic heterocycles. The number of halogens is 2. The topological polar surface area (TPSA) is 49.4 Å². The van der Waals surface area contributed by atoms with E-state index >= 15 is 0 Å². The van der Waals surface area contributed by atoms with Gasteiger partial charge in [0.15, 0.2) is 0 Å². The first-order valence-corrected chi connectivity index (χ1v) is 12.4. The second-order valence-corrected chi connectivity index (χ2v) is 9.83. The average Bonchev–Trinajstić information content (AvgIpc) is 2.78. The zero-order valence-corrected chi connectivity index (χ0v) is 20.0. The molecule has 0 saturated heterocycles. The van der Waals surface area contributed by atoms with Crippen LogP contribution in [0.1, 0.15) is 44.6 Å². The Labute approximate surface area is 198 Å². The van der Waals surface area contributed by atoms with E-state index in [0.717, 1.165) is 36.1 Å². The Morgan fingerprint density at radius 1 is 1.00 bits per heavy atom. The van der Waals surface area contributed by atoms with Gasteiger partial charge in [0.2, 0.25) is 11.8 Å². The van der Waals surface area contributed by atoms with Crippen molar-refractivity contribution in [3.05, 3.63) is 64.1 Å². The van der Waals surface area contributed by atoms with Crippen molar-refractivity contribution < 1.29 is 9.59 Å². The lowest BCUT2D eigenvalue weighted by Gasteiger charge is -2.31. The molecule has 1 atom stereocenters. The molecule has 31 heavy (non-hydrogen) atoms. The first-order valence-electron chi connectivity index (χ1n) is 10.6. The molecule has 0 radical (unpaired) electrons. The molecular weight excluding hydrogens is 451 g/mol. The van der Waals surface area contributed by atoms with E-state index in [4.69, 9.17) is 23.2 Å². The van der Waals surface area contributed by atoms with Crippen LogP contribution in [0.25, 0.3) is 0 Å². The monoisotopic (exact) mass is 478 g/mol. The van der Waals surface area contributed by atoms with E-state index in [1.54, 1.807) is 36.1 Å². The lowest BCUT2D eigenvalue weighted by molar-refractivity contribution is -0.139. The quantitative estimate of drug-likeness (QED) is 0.476. The van der Waals surface area contributed by atoms with E-state index < -0.39 is 6.04 Å². The number of carbonyl (C=O) groups excluding carboxylic acids is 2. The summed E-state index contributed by atoms with van der Waals surface area (Å²) in [5, 5.41) is 4.46. The van der Waals surface area contributed by atoms with E-state index in [1.165, 1.54) is 18.2 Å². The molecule has 1 aliphatic rings. The van der Waals surface area contributed by atoms with Gasteiger partial charge in [-0.15, -0.1) is 11.8 Å². The van der Waals surface area contributed by atoms with Gasteiger partial charge in [-0.25, -0.2) is 0 Å². The van der Waals surface area contributed by atoms with Crippen LogP contribution in [0.3, 0.4) is 0 Å². The Kier molecular flexibility index (Phi) is 9.12. The normalized spacial score (nSPS) is 15.3. The van der Waals surface area contributed by atoms with Gasteiger partial charge in [0.25, 0.3) is 0 Å². The first kappa shape index (κ1) is 24.0. The molecule has 3 rings (SSSR count). The molecule has 1 N–H and O–H groups in total. The van der Waals surface area contributed by atoms with Crippen molar-refractivity contribution in [2.24, 2.45) is 0 Å². The summed E-state index contributed by atoms with van der Waals surface area (Å²) in [6.07, 6.45) is 5.53. The summed E-state index contributed by atoms with van der Waals surface area (Å²) in [6.45, 7) is 2.16. The number of rotatable bonds is 8. The average molecular weight is 479 g/mol. The van der Waals surface area contributed by atoms with Gasteiger partial charge in [-0.05, 0) is 61.7 Å². The van der Waals surface area contributed by atoms with Crippen LogP contribution in [0.15, 0.2) is 53.4 Å². The third-order valence-corrected chi connectivity index (χ3v) is 7.06. The largest absolute Gasteiger partial charge is 0.352 e. The van der Waals surface area contributed by atoms with Crippen LogP contribution in [0.4, 0.5) is 0 Å². The van der Waals surface area contributed by atoms with Crippen LogP contribution in [-0.4, -0.2) is 34.6 Å². The van der Waals surface area contributed by atoms with Crippen molar-refractivity contribution in [2.75, 3.05) is 5.75 Å². The molecular formula is C24H28Cl2N2O2S. The highest BCUT2D eigenvalue weighted by Crippen LogP contribution is 2.23. The molecule has 1 saturated carbocycles. The van der Waals surface area contributed by atoms with Crippen LogP contribution in [-0.2, 0) is 16.1 Å². The second-order valence-electron chi connectivity index (χ2n) is 7.91. The van der Waals surface area contributed by atoms with Crippen LogP contribution < -0.4 is 5.32 Å². The summed E-state index contributed by atoms with van der Waals surface area (Å²) in [5.74, 6) is 0.0721. The summed E-state index contributed by atoms with van der Waals surface area (Å²) >= 11 is 13.4. The molecule has 2 aromatic rings. The number of hydrogen-bond acceptors (Lipinski definition) is 3. The van der Waals surface area contributed by atoms with Gasteiger partial charge < -0.3 is 10.2 Å². The van der Waals surface area contributed by atoms with Gasteiger partial charge >= 0.3 is 0 Å². The summed E-state index contributed by atoms with van der Waals surface area (Å²) in [6, 6.07) is 14.4. The molecule has 1 fully saturated rings. The maximum absolute atomic E-state index is 13.2. The van der Waals surface area contributed by atoms with Crippen LogP contribution in [0.5, 0.6) is 0 Å². The maximum atomic E-state index is 13.2. The molecule has 1 aliphatic carbocycles. The highest BCUT2D eigenvalue weighted by atomic mass is 35.5. The Bertz CT molecular complexity index is 868.